The first kappa shape index (κ1) is 16.5. The highest BCUT2D eigenvalue weighted by molar-refractivity contribution is 5.75. The molecule has 0 aromatic heterocycles. The molecular formula is C24H25. The van der Waals surface area contributed by atoms with Crippen LogP contribution in [0.1, 0.15) is 37.0 Å². The van der Waals surface area contributed by atoms with Gasteiger partial charge in [0.1, 0.15) is 0 Å². The zero-order valence-corrected chi connectivity index (χ0v) is 14.8. The van der Waals surface area contributed by atoms with Crippen LogP contribution in [0.3, 0.4) is 0 Å². The first-order valence-corrected chi connectivity index (χ1v) is 8.80. The van der Waals surface area contributed by atoms with Crippen LogP contribution in [0.4, 0.5) is 0 Å². The van der Waals surface area contributed by atoms with Gasteiger partial charge in [-0.2, -0.15) is 0 Å². The lowest BCUT2D eigenvalue weighted by Crippen LogP contribution is -2.13. The number of hydrogen-bond acceptors (Lipinski definition) is 0. The van der Waals surface area contributed by atoms with E-state index in [4.69, 9.17) is 0 Å². The molecule has 24 heavy (non-hydrogen) atoms. The highest BCUT2D eigenvalue weighted by Gasteiger charge is 2.24. The van der Waals surface area contributed by atoms with Crippen LogP contribution in [-0.2, 0) is 0 Å². The predicted molar refractivity (Wildman–Crippen MR) is 104 cm³/mol. The summed E-state index contributed by atoms with van der Waals surface area (Å²) < 4.78 is 0. The molecule has 0 N–H and O–H groups in total. The Balaban J connectivity index is 2.21. The van der Waals surface area contributed by atoms with Gasteiger partial charge in [-0.15, -0.1) is 0 Å². The average Bonchev–Trinajstić information content (AvgIpc) is 2.63. The fourth-order valence-corrected chi connectivity index (χ4v) is 3.41. The first-order valence-electron chi connectivity index (χ1n) is 8.80. The molecule has 1 unspecified atom stereocenters. The van der Waals surface area contributed by atoms with Crippen molar-refractivity contribution in [3.8, 4) is 11.1 Å². The van der Waals surface area contributed by atoms with Crippen LogP contribution >= 0.6 is 0 Å². The van der Waals surface area contributed by atoms with E-state index in [2.05, 4.69) is 99.6 Å². The summed E-state index contributed by atoms with van der Waals surface area (Å²) in [7, 11) is 0. The molecule has 0 spiro atoms. The molecule has 3 aromatic rings. The average molecular weight is 313 g/mol. The summed E-state index contributed by atoms with van der Waals surface area (Å²) in [6.07, 6.45) is 1.13. The van der Waals surface area contributed by atoms with Crippen molar-refractivity contribution in [2.45, 2.75) is 27.2 Å². The quantitative estimate of drug-likeness (QED) is 0.493. The summed E-state index contributed by atoms with van der Waals surface area (Å²) in [5, 5.41) is 0. The summed E-state index contributed by atoms with van der Waals surface area (Å²) >= 11 is 0. The van der Waals surface area contributed by atoms with E-state index in [0.717, 1.165) is 6.42 Å². The molecule has 0 aliphatic rings. The molecular weight excluding hydrogens is 288 g/mol. The molecule has 0 nitrogen and oxygen atoms in total. The summed E-state index contributed by atoms with van der Waals surface area (Å²) in [4.78, 5) is 0. The second-order valence-corrected chi connectivity index (χ2v) is 6.45. The lowest BCUT2D eigenvalue weighted by Gasteiger charge is -2.27. The molecule has 1 radical (unpaired) electrons. The van der Waals surface area contributed by atoms with E-state index in [9.17, 15) is 0 Å². The third-order valence-electron chi connectivity index (χ3n) is 4.82. The molecule has 0 heteroatoms. The predicted octanol–water partition coefficient (Wildman–Crippen LogP) is 6.68. The monoisotopic (exact) mass is 313 g/mol. The van der Waals surface area contributed by atoms with Crippen molar-refractivity contribution < 1.29 is 0 Å². The molecule has 121 valence electrons. The van der Waals surface area contributed by atoms with E-state index < -0.39 is 0 Å². The molecule has 0 aliphatic heterocycles. The second kappa shape index (κ2) is 7.49. The topological polar surface area (TPSA) is 0 Å². The van der Waals surface area contributed by atoms with Gasteiger partial charge >= 0.3 is 0 Å². The summed E-state index contributed by atoms with van der Waals surface area (Å²) in [5.74, 6) is 1.96. The SMILES string of the molecule is CCC(C)[C](c1ccccc1)c1cccc(C)c1-c1ccccc1. The first-order chi connectivity index (χ1) is 11.7. The Bertz CT molecular complexity index is 772. The Morgan fingerprint density at radius 2 is 1.42 bits per heavy atom. The van der Waals surface area contributed by atoms with E-state index in [1.165, 1.54) is 33.7 Å². The van der Waals surface area contributed by atoms with Crippen LogP contribution in [0.25, 0.3) is 11.1 Å². The van der Waals surface area contributed by atoms with Crippen LogP contribution in [-0.4, -0.2) is 0 Å². The van der Waals surface area contributed by atoms with E-state index in [-0.39, 0.29) is 0 Å². The summed E-state index contributed by atoms with van der Waals surface area (Å²) in [6.45, 7) is 6.82. The third kappa shape index (κ3) is 3.28. The maximum Gasteiger partial charge on any atom is 0.0374 e. The number of rotatable bonds is 5. The highest BCUT2D eigenvalue weighted by Crippen LogP contribution is 2.39. The summed E-state index contributed by atoms with van der Waals surface area (Å²) in [5.41, 5.74) is 6.67. The van der Waals surface area contributed by atoms with Gasteiger partial charge in [-0.25, -0.2) is 0 Å². The molecule has 0 heterocycles. The Labute approximate surface area is 146 Å². The molecule has 0 aliphatic carbocycles. The van der Waals surface area contributed by atoms with Crippen LogP contribution in [0, 0.1) is 18.8 Å². The van der Waals surface area contributed by atoms with Crippen molar-refractivity contribution in [1.29, 1.82) is 0 Å². The van der Waals surface area contributed by atoms with E-state index in [1.54, 1.807) is 0 Å². The van der Waals surface area contributed by atoms with Crippen LogP contribution < -0.4 is 0 Å². The molecule has 0 saturated carbocycles. The molecule has 3 aromatic carbocycles. The van der Waals surface area contributed by atoms with E-state index in [1.807, 2.05) is 0 Å². The number of aryl methyl sites for hydroxylation is 1. The Morgan fingerprint density at radius 1 is 0.792 bits per heavy atom. The minimum absolute atomic E-state index is 0.511. The normalized spacial score (nSPS) is 12.3. The fourth-order valence-electron chi connectivity index (χ4n) is 3.41. The highest BCUT2D eigenvalue weighted by atomic mass is 14.3. The number of benzene rings is 3. The van der Waals surface area contributed by atoms with Gasteiger partial charge in [0, 0.05) is 5.92 Å². The zero-order valence-electron chi connectivity index (χ0n) is 14.8. The third-order valence-corrected chi connectivity index (χ3v) is 4.82. The van der Waals surface area contributed by atoms with Crippen molar-refractivity contribution in [3.63, 3.8) is 0 Å². The van der Waals surface area contributed by atoms with Crippen molar-refractivity contribution in [2.24, 2.45) is 5.92 Å². The Morgan fingerprint density at radius 3 is 2.04 bits per heavy atom. The van der Waals surface area contributed by atoms with Gasteiger partial charge in [-0.05, 0) is 40.7 Å². The van der Waals surface area contributed by atoms with Crippen molar-refractivity contribution in [3.05, 3.63) is 101 Å². The maximum atomic E-state index is 2.33. The molecule has 1 atom stereocenters. The minimum atomic E-state index is 0.511. The van der Waals surface area contributed by atoms with E-state index in [0.29, 0.717) is 5.92 Å². The van der Waals surface area contributed by atoms with Crippen molar-refractivity contribution >= 4 is 0 Å². The largest absolute Gasteiger partial charge is 0.0651 e. The fraction of sp³-hybridized carbons (Fsp3) is 0.208. The number of hydrogen-bond donors (Lipinski definition) is 0. The van der Waals surface area contributed by atoms with Crippen LogP contribution in [0.15, 0.2) is 78.9 Å². The van der Waals surface area contributed by atoms with Crippen LogP contribution in [0.5, 0.6) is 0 Å². The van der Waals surface area contributed by atoms with Gasteiger partial charge in [-0.3, -0.25) is 0 Å². The van der Waals surface area contributed by atoms with E-state index >= 15 is 0 Å². The molecule has 0 fully saturated rings. The van der Waals surface area contributed by atoms with Crippen molar-refractivity contribution in [1.82, 2.24) is 0 Å². The molecule has 0 saturated heterocycles. The van der Waals surface area contributed by atoms with Gasteiger partial charge in [0.2, 0.25) is 0 Å². The maximum absolute atomic E-state index is 2.33. The molecule has 0 amide bonds. The smallest absolute Gasteiger partial charge is 0.0374 e. The van der Waals surface area contributed by atoms with Crippen LogP contribution in [0.2, 0.25) is 0 Å². The van der Waals surface area contributed by atoms with Gasteiger partial charge in [0.15, 0.2) is 0 Å². The van der Waals surface area contributed by atoms with Crippen molar-refractivity contribution in [2.75, 3.05) is 0 Å². The van der Waals surface area contributed by atoms with Gasteiger partial charge in [0.05, 0.1) is 0 Å². The lowest BCUT2D eigenvalue weighted by molar-refractivity contribution is 0.612. The lowest BCUT2D eigenvalue weighted by atomic mass is 9.76. The summed E-state index contributed by atoms with van der Waals surface area (Å²) in [6, 6.07) is 28.3. The van der Waals surface area contributed by atoms with Gasteiger partial charge in [0.25, 0.3) is 0 Å². The molecule has 0 bridgehead atoms. The minimum Gasteiger partial charge on any atom is -0.0651 e. The van der Waals surface area contributed by atoms with Gasteiger partial charge in [-0.1, -0.05) is 99.1 Å². The Kier molecular flexibility index (Phi) is 5.15. The Hall–Kier alpha value is -2.34. The van der Waals surface area contributed by atoms with Gasteiger partial charge < -0.3 is 0 Å². The second-order valence-electron chi connectivity index (χ2n) is 6.45. The zero-order chi connectivity index (χ0) is 16.9. The standard InChI is InChI=1S/C24H25/c1-4-18(2)23(20-13-7-5-8-14-20)22-17-11-12-19(3)24(22)21-15-9-6-10-16-21/h5-18H,4H2,1-3H3. The molecule has 3 rings (SSSR count).